The molecule has 1 aromatic rings. The molecule has 1 aromatic carbocycles. The Morgan fingerprint density at radius 1 is 1.25 bits per heavy atom. The summed E-state index contributed by atoms with van der Waals surface area (Å²) in [6.07, 6.45) is 0.846. The highest BCUT2D eigenvalue weighted by Gasteiger charge is 1.85. The minimum atomic E-state index is 0.846. The molecule has 1 N–H and O–H groups in total. The summed E-state index contributed by atoms with van der Waals surface area (Å²) in [6, 6.07) is 10.1. The lowest BCUT2D eigenvalue weighted by atomic mass is 10.3. The Kier molecular flexibility index (Phi) is 3.80. The van der Waals surface area contributed by atoms with Crippen molar-refractivity contribution in [3.8, 4) is 11.8 Å². The van der Waals surface area contributed by atoms with Crippen LogP contribution in [0.4, 0.5) is 5.69 Å². The van der Waals surface area contributed by atoms with E-state index >= 15 is 0 Å². The summed E-state index contributed by atoms with van der Waals surface area (Å²) in [5.41, 5.74) is 1.14. The highest BCUT2D eigenvalue weighted by molar-refractivity contribution is 5.42. The van der Waals surface area contributed by atoms with Gasteiger partial charge in [-0.2, -0.15) is 0 Å². The fourth-order valence-electron chi connectivity index (χ4n) is 0.914. The van der Waals surface area contributed by atoms with Gasteiger partial charge in [0.1, 0.15) is 0 Å². The quantitative estimate of drug-likeness (QED) is 0.526. The molecule has 0 heterocycles. The zero-order valence-corrected chi connectivity index (χ0v) is 7.01. The largest absolute Gasteiger partial charge is 0.384 e. The van der Waals surface area contributed by atoms with Crippen LogP contribution in [0.2, 0.25) is 0 Å². The molecule has 61 valence electrons. The zero-order chi connectivity index (χ0) is 8.65. The highest BCUT2D eigenvalue weighted by atomic mass is 14.9. The minimum absolute atomic E-state index is 0.846. The van der Waals surface area contributed by atoms with Crippen LogP contribution in [-0.4, -0.2) is 6.54 Å². The first-order chi connectivity index (χ1) is 5.93. The van der Waals surface area contributed by atoms with Crippen LogP contribution in [0.5, 0.6) is 0 Å². The molecule has 0 atom stereocenters. The molecule has 0 aliphatic heterocycles. The fourth-order valence-corrected chi connectivity index (χ4v) is 0.914. The van der Waals surface area contributed by atoms with E-state index in [1.165, 1.54) is 0 Å². The van der Waals surface area contributed by atoms with Gasteiger partial charge in [-0.15, -0.1) is 11.8 Å². The van der Waals surface area contributed by atoms with Crippen molar-refractivity contribution in [2.24, 2.45) is 0 Å². The summed E-state index contributed by atoms with van der Waals surface area (Å²) in [5, 5.41) is 3.25. The monoisotopic (exact) mass is 158 g/mol. The number of hydrogen-bond acceptors (Lipinski definition) is 1. The van der Waals surface area contributed by atoms with E-state index in [1.807, 2.05) is 30.3 Å². The number of nitrogens with one attached hydrogen (secondary N) is 1. The lowest BCUT2D eigenvalue weighted by Crippen LogP contribution is -1.99. The van der Waals surface area contributed by atoms with Gasteiger partial charge in [0.2, 0.25) is 0 Å². The van der Waals surface area contributed by atoms with Crippen molar-refractivity contribution in [2.75, 3.05) is 11.9 Å². The summed E-state index contributed by atoms with van der Waals surface area (Å²) in [5.74, 6) is 5.51. The van der Waals surface area contributed by atoms with Gasteiger partial charge in [0, 0.05) is 25.6 Å². The molecule has 12 heavy (non-hydrogen) atoms. The number of hydrogen-bond donors (Lipinski definition) is 1. The van der Waals surface area contributed by atoms with Crippen molar-refractivity contribution in [1.82, 2.24) is 0 Å². The van der Waals surface area contributed by atoms with Gasteiger partial charge in [-0.25, -0.2) is 0 Å². The van der Waals surface area contributed by atoms with E-state index in [9.17, 15) is 0 Å². The third kappa shape index (κ3) is 3.12. The third-order valence-corrected chi connectivity index (χ3v) is 1.48. The maximum absolute atomic E-state index is 3.44. The van der Waals surface area contributed by atoms with Crippen molar-refractivity contribution in [3.05, 3.63) is 37.3 Å². The minimum Gasteiger partial charge on any atom is -0.384 e. The summed E-state index contributed by atoms with van der Waals surface area (Å²) in [4.78, 5) is 0. The molecule has 0 aliphatic rings. The highest BCUT2D eigenvalue weighted by Crippen LogP contribution is 2.03. The van der Waals surface area contributed by atoms with E-state index in [2.05, 4.69) is 24.1 Å². The Bertz CT molecular complexity index is 266. The van der Waals surface area contributed by atoms with Crippen molar-refractivity contribution in [3.63, 3.8) is 0 Å². The molecule has 1 rings (SSSR count). The van der Waals surface area contributed by atoms with E-state index in [0.29, 0.717) is 0 Å². The van der Waals surface area contributed by atoms with Crippen molar-refractivity contribution in [2.45, 2.75) is 6.42 Å². The smallest absolute Gasteiger partial charge is 0.0340 e. The van der Waals surface area contributed by atoms with Crippen LogP contribution >= 0.6 is 0 Å². The number of anilines is 1. The first-order valence-corrected chi connectivity index (χ1v) is 3.97. The predicted octanol–water partition coefficient (Wildman–Crippen LogP) is 2.33. The van der Waals surface area contributed by atoms with E-state index in [0.717, 1.165) is 18.7 Å². The van der Waals surface area contributed by atoms with Crippen LogP contribution in [0.1, 0.15) is 6.42 Å². The molecule has 0 fully saturated rings. The van der Waals surface area contributed by atoms with Crippen LogP contribution in [0.3, 0.4) is 0 Å². The zero-order valence-electron chi connectivity index (χ0n) is 7.01. The topological polar surface area (TPSA) is 12.0 Å². The fraction of sp³-hybridized carbons (Fsp3) is 0.182. The van der Waals surface area contributed by atoms with Crippen LogP contribution < -0.4 is 5.32 Å². The van der Waals surface area contributed by atoms with Crippen molar-refractivity contribution >= 4 is 5.69 Å². The maximum atomic E-state index is 3.44. The molecule has 0 aromatic heterocycles. The Balaban J connectivity index is 2.27. The van der Waals surface area contributed by atoms with Gasteiger partial charge in [0.05, 0.1) is 0 Å². The van der Waals surface area contributed by atoms with E-state index in [4.69, 9.17) is 0 Å². The second-order valence-corrected chi connectivity index (χ2v) is 2.40. The first kappa shape index (κ1) is 8.67. The number of benzene rings is 1. The SMILES string of the molecule is [CH2]C#CCCNc1ccccc1. The molecular weight excluding hydrogens is 146 g/mol. The van der Waals surface area contributed by atoms with Gasteiger partial charge in [0.25, 0.3) is 0 Å². The summed E-state index contributed by atoms with van der Waals surface area (Å²) >= 11 is 0. The van der Waals surface area contributed by atoms with Gasteiger partial charge in [-0.1, -0.05) is 18.2 Å². The molecule has 0 saturated heterocycles. The standard InChI is InChI=1S/C11H12N/c1-2-3-7-10-12-11-8-5-4-6-9-11/h4-6,8-9,12H,1,7,10H2. The molecule has 0 saturated carbocycles. The molecule has 0 amide bonds. The van der Waals surface area contributed by atoms with Crippen molar-refractivity contribution in [1.29, 1.82) is 0 Å². The van der Waals surface area contributed by atoms with Gasteiger partial charge in [-0.05, 0) is 12.1 Å². The normalized spacial score (nSPS) is 8.42. The average molecular weight is 158 g/mol. The van der Waals surface area contributed by atoms with Crippen LogP contribution in [0, 0.1) is 18.8 Å². The Hall–Kier alpha value is -1.42. The van der Waals surface area contributed by atoms with Gasteiger partial charge in [0.15, 0.2) is 0 Å². The van der Waals surface area contributed by atoms with Gasteiger partial charge < -0.3 is 5.32 Å². The Morgan fingerprint density at radius 2 is 2.00 bits per heavy atom. The van der Waals surface area contributed by atoms with Gasteiger partial charge >= 0.3 is 0 Å². The maximum Gasteiger partial charge on any atom is 0.0340 e. The lowest BCUT2D eigenvalue weighted by Gasteiger charge is -2.01. The summed E-state index contributed by atoms with van der Waals surface area (Å²) < 4.78 is 0. The average Bonchev–Trinajstić information content (AvgIpc) is 2.14. The molecule has 1 radical (unpaired) electrons. The molecule has 1 heteroatoms. The number of para-hydroxylation sites is 1. The second-order valence-electron chi connectivity index (χ2n) is 2.40. The van der Waals surface area contributed by atoms with E-state index < -0.39 is 0 Å². The molecule has 0 aliphatic carbocycles. The molecular formula is C11H12N. The van der Waals surface area contributed by atoms with Crippen LogP contribution in [0.25, 0.3) is 0 Å². The summed E-state index contributed by atoms with van der Waals surface area (Å²) in [7, 11) is 0. The molecule has 0 bridgehead atoms. The second kappa shape index (κ2) is 5.26. The lowest BCUT2D eigenvalue weighted by molar-refractivity contribution is 1.10. The molecule has 0 spiro atoms. The first-order valence-electron chi connectivity index (χ1n) is 3.97. The van der Waals surface area contributed by atoms with Crippen LogP contribution in [-0.2, 0) is 0 Å². The van der Waals surface area contributed by atoms with E-state index in [1.54, 1.807) is 0 Å². The van der Waals surface area contributed by atoms with Crippen molar-refractivity contribution < 1.29 is 0 Å². The Morgan fingerprint density at radius 3 is 2.67 bits per heavy atom. The third-order valence-electron chi connectivity index (χ3n) is 1.48. The number of rotatable bonds is 3. The molecule has 1 nitrogen and oxygen atoms in total. The summed E-state index contributed by atoms with van der Waals surface area (Å²) in [6.45, 7) is 4.32. The van der Waals surface area contributed by atoms with Gasteiger partial charge in [-0.3, -0.25) is 0 Å². The van der Waals surface area contributed by atoms with E-state index in [-0.39, 0.29) is 0 Å². The molecule has 0 unspecified atom stereocenters. The Labute approximate surface area is 73.8 Å². The van der Waals surface area contributed by atoms with Crippen LogP contribution in [0.15, 0.2) is 30.3 Å². The predicted molar refractivity (Wildman–Crippen MR) is 52.7 cm³/mol.